The van der Waals surface area contributed by atoms with Gasteiger partial charge >= 0.3 is 6.09 Å². The molecule has 1 aliphatic carbocycles. The van der Waals surface area contributed by atoms with E-state index in [-0.39, 0.29) is 41.9 Å². The molecular weight excluding hydrogens is 338 g/mol. The highest BCUT2D eigenvalue weighted by Crippen LogP contribution is 2.39. The molecule has 3 aliphatic rings. The first-order valence-electron chi connectivity index (χ1n) is 9.70. The molecule has 8 heteroatoms. The molecule has 3 unspecified atom stereocenters. The van der Waals surface area contributed by atoms with Gasteiger partial charge in [-0.15, -0.1) is 0 Å². The number of ether oxygens (including phenoxy) is 2. The number of nitrogens with one attached hydrogen (secondary N) is 2. The predicted molar refractivity (Wildman–Crippen MR) is 93.3 cm³/mol. The van der Waals surface area contributed by atoms with Crippen LogP contribution in [0.2, 0.25) is 0 Å². The van der Waals surface area contributed by atoms with Gasteiger partial charge in [-0.2, -0.15) is 0 Å². The molecule has 146 valence electrons. The van der Waals surface area contributed by atoms with Gasteiger partial charge in [0.2, 0.25) is 11.8 Å². The van der Waals surface area contributed by atoms with Crippen molar-refractivity contribution >= 4 is 17.9 Å². The fourth-order valence-corrected chi connectivity index (χ4v) is 3.65. The second-order valence-electron chi connectivity index (χ2n) is 7.30. The second-order valence-corrected chi connectivity index (χ2v) is 7.30. The number of hydrogen-bond acceptors (Lipinski definition) is 5. The smallest absolute Gasteiger partial charge is 0.409 e. The third-order valence-electron chi connectivity index (χ3n) is 5.36. The maximum atomic E-state index is 12.3. The highest BCUT2D eigenvalue weighted by atomic mass is 16.6. The summed E-state index contributed by atoms with van der Waals surface area (Å²) < 4.78 is 10.5. The molecule has 3 fully saturated rings. The number of nitrogens with zero attached hydrogens (tertiary/aromatic N) is 1. The van der Waals surface area contributed by atoms with Crippen LogP contribution >= 0.6 is 0 Å². The van der Waals surface area contributed by atoms with Crippen molar-refractivity contribution in [1.29, 1.82) is 0 Å². The molecule has 0 bridgehead atoms. The van der Waals surface area contributed by atoms with E-state index in [2.05, 4.69) is 10.6 Å². The number of likely N-dealkylation sites (tertiary alicyclic amines) is 1. The summed E-state index contributed by atoms with van der Waals surface area (Å²) in [5.41, 5.74) is 0. The van der Waals surface area contributed by atoms with E-state index in [1.165, 1.54) is 0 Å². The number of piperidine rings is 1. The lowest BCUT2D eigenvalue weighted by Gasteiger charge is -2.31. The zero-order chi connectivity index (χ0) is 18.5. The second kappa shape index (κ2) is 8.70. The Hall–Kier alpha value is -1.83. The monoisotopic (exact) mass is 367 g/mol. The van der Waals surface area contributed by atoms with Crippen LogP contribution in [0.1, 0.15) is 39.0 Å². The number of rotatable bonds is 6. The summed E-state index contributed by atoms with van der Waals surface area (Å²) in [6.07, 6.45) is 3.91. The van der Waals surface area contributed by atoms with Gasteiger partial charge in [0.05, 0.1) is 24.5 Å². The van der Waals surface area contributed by atoms with E-state index in [0.29, 0.717) is 45.5 Å². The Balaban J connectivity index is 1.33. The van der Waals surface area contributed by atoms with E-state index in [4.69, 9.17) is 9.47 Å². The van der Waals surface area contributed by atoms with Crippen LogP contribution in [-0.4, -0.2) is 67.8 Å². The SMILES string of the molecule is CCOC(=O)N1CCC(NC(=O)C2CC2C(=O)NCC2CCCO2)CC1. The maximum Gasteiger partial charge on any atom is 0.409 e. The quantitative estimate of drug-likeness (QED) is 0.719. The van der Waals surface area contributed by atoms with Gasteiger partial charge < -0.3 is 25.0 Å². The molecule has 3 amide bonds. The van der Waals surface area contributed by atoms with Gasteiger partial charge in [0.15, 0.2) is 0 Å². The number of amides is 3. The third-order valence-corrected chi connectivity index (χ3v) is 5.36. The van der Waals surface area contributed by atoms with E-state index >= 15 is 0 Å². The summed E-state index contributed by atoms with van der Waals surface area (Å²) in [5, 5.41) is 5.94. The molecule has 2 aliphatic heterocycles. The first kappa shape index (κ1) is 18.9. The Kier molecular flexibility index (Phi) is 6.34. The van der Waals surface area contributed by atoms with Gasteiger partial charge in [0.1, 0.15) is 0 Å². The van der Waals surface area contributed by atoms with E-state index in [9.17, 15) is 14.4 Å². The Morgan fingerprint density at radius 1 is 1.12 bits per heavy atom. The molecule has 8 nitrogen and oxygen atoms in total. The van der Waals surface area contributed by atoms with Gasteiger partial charge in [-0.1, -0.05) is 0 Å². The Morgan fingerprint density at radius 2 is 1.85 bits per heavy atom. The summed E-state index contributed by atoms with van der Waals surface area (Å²) >= 11 is 0. The van der Waals surface area contributed by atoms with Crippen molar-refractivity contribution in [2.45, 2.75) is 51.2 Å². The summed E-state index contributed by atoms with van der Waals surface area (Å²) in [5.74, 6) is -0.520. The average molecular weight is 367 g/mol. The molecule has 26 heavy (non-hydrogen) atoms. The van der Waals surface area contributed by atoms with Crippen molar-refractivity contribution in [2.24, 2.45) is 11.8 Å². The van der Waals surface area contributed by atoms with Crippen LogP contribution in [0, 0.1) is 11.8 Å². The fourth-order valence-electron chi connectivity index (χ4n) is 3.65. The molecule has 1 saturated carbocycles. The van der Waals surface area contributed by atoms with Crippen LogP contribution in [0.25, 0.3) is 0 Å². The van der Waals surface area contributed by atoms with Crippen LogP contribution in [0.4, 0.5) is 4.79 Å². The van der Waals surface area contributed by atoms with Crippen molar-refractivity contribution in [1.82, 2.24) is 15.5 Å². The summed E-state index contributed by atoms with van der Waals surface area (Å²) in [7, 11) is 0. The maximum absolute atomic E-state index is 12.3. The third kappa shape index (κ3) is 4.87. The predicted octanol–water partition coefficient (Wildman–Crippen LogP) is 0.655. The fraction of sp³-hybridized carbons (Fsp3) is 0.833. The molecule has 0 aromatic heterocycles. The van der Waals surface area contributed by atoms with Crippen LogP contribution in [0.15, 0.2) is 0 Å². The first-order chi connectivity index (χ1) is 12.6. The van der Waals surface area contributed by atoms with Crippen LogP contribution in [-0.2, 0) is 19.1 Å². The number of carbonyl (C=O) groups is 3. The lowest BCUT2D eigenvalue weighted by molar-refractivity contribution is -0.128. The average Bonchev–Trinajstić information content (AvgIpc) is 3.28. The molecule has 3 atom stereocenters. The summed E-state index contributed by atoms with van der Waals surface area (Å²) in [6.45, 7) is 4.63. The Labute approximate surface area is 153 Å². The minimum absolute atomic E-state index is 0.0437. The largest absolute Gasteiger partial charge is 0.450 e. The summed E-state index contributed by atoms with van der Waals surface area (Å²) in [6, 6.07) is 0.0596. The van der Waals surface area contributed by atoms with Gasteiger partial charge in [-0.3, -0.25) is 9.59 Å². The van der Waals surface area contributed by atoms with Crippen LogP contribution < -0.4 is 10.6 Å². The van der Waals surface area contributed by atoms with Gasteiger partial charge in [0, 0.05) is 32.3 Å². The minimum atomic E-state index is -0.289. The highest BCUT2D eigenvalue weighted by molar-refractivity contribution is 5.92. The summed E-state index contributed by atoms with van der Waals surface area (Å²) in [4.78, 5) is 37.8. The van der Waals surface area contributed by atoms with E-state index < -0.39 is 0 Å². The van der Waals surface area contributed by atoms with Crippen molar-refractivity contribution in [3.8, 4) is 0 Å². The molecule has 0 aromatic rings. The molecule has 2 N–H and O–H groups in total. The van der Waals surface area contributed by atoms with Crippen molar-refractivity contribution in [2.75, 3.05) is 32.8 Å². The minimum Gasteiger partial charge on any atom is -0.450 e. The van der Waals surface area contributed by atoms with E-state index in [0.717, 1.165) is 19.4 Å². The standard InChI is InChI=1S/C18H29N3O5/c1-2-25-18(24)21-7-5-12(6-8-21)20-17(23)15-10-14(15)16(22)19-11-13-4-3-9-26-13/h12-15H,2-11H2,1H3,(H,19,22)(H,20,23). The topological polar surface area (TPSA) is 97.0 Å². The highest BCUT2D eigenvalue weighted by Gasteiger charge is 2.48. The van der Waals surface area contributed by atoms with Crippen LogP contribution in [0.3, 0.4) is 0 Å². The molecule has 2 saturated heterocycles. The molecule has 0 aromatic carbocycles. The molecule has 3 rings (SSSR count). The van der Waals surface area contributed by atoms with Gasteiger partial charge in [-0.25, -0.2) is 4.79 Å². The van der Waals surface area contributed by atoms with Gasteiger partial charge in [0.25, 0.3) is 0 Å². The molecule has 0 radical (unpaired) electrons. The lowest BCUT2D eigenvalue weighted by Crippen LogP contribution is -2.47. The zero-order valence-electron chi connectivity index (χ0n) is 15.4. The molecule has 2 heterocycles. The number of hydrogen-bond donors (Lipinski definition) is 2. The first-order valence-corrected chi connectivity index (χ1v) is 9.70. The Bertz CT molecular complexity index is 527. The van der Waals surface area contributed by atoms with Crippen LogP contribution in [0.5, 0.6) is 0 Å². The lowest BCUT2D eigenvalue weighted by atomic mass is 10.1. The molecular formula is C18H29N3O5. The van der Waals surface area contributed by atoms with Crippen molar-refractivity contribution < 1.29 is 23.9 Å². The molecule has 0 spiro atoms. The normalized spacial score (nSPS) is 28.5. The van der Waals surface area contributed by atoms with Gasteiger partial charge in [-0.05, 0) is 39.0 Å². The van der Waals surface area contributed by atoms with Crippen molar-refractivity contribution in [3.63, 3.8) is 0 Å². The number of carbonyl (C=O) groups excluding carboxylic acids is 3. The Morgan fingerprint density at radius 3 is 2.50 bits per heavy atom. The van der Waals surface area contributed by atoms with E-state index in [1.54, 1.807) is 11.8 Å². The van der Waals surface area contributed by atoms with E-state index in [1.807, 2.05) is 0 Å². The zero-order valence-corrected chi connectivity index (χ0v) is 15.4. The van der Waals surface area contributed by atoms with Crippen molar-refractivity contribution in [3.05, 3.63) is 0 Å².